The maximum atomic E-state index is 6.55. The third-order valence-electron chi connectivity index (χ3n) is 5.75. The van der Waals surface area contributed by atoms with Crippen LogP contribution in [0.2, 0.25) is 0 Å². The summed E-state index contributed by atoms with van der Waals surface area (Å²) < 4.78 is 6.06. The predicted molar refractivity (Wildman–Crippen MR) is 76.5 cm³/mol. The second-order valence-electron chi connectivity index (χ2n) is 6.48. The Labute approximate surface area is 113 Å². The molecule has 2 aliphatic carbocycles. The summed E-state index contributed by atoms with van der Waals surface area (Å²) >= 11 is 0. The second-order valence-corrected chi connectivity index (χ2v) is 6.48. The fraction of sp³-hybridized carbons (Fsp3) is 1.00. The van der Waals surface area contributed by atoms with E-state index in [4.69, 9.17) is 10.5 Å². The third kappa shape index (κ3) is 2.60. The Balaban J connectivity index is 1.94. The highest BCUT2D eigenvalue weighted by atomic mass is 16.5. The third-order valence-corrected chi connectivity index (χ3v) is 5.75. The molecule has 0 aromatic carbocycles. The Bertz CT molecular complexity index is 262. The van der Waals surface area contributed by atoms with Gasteiger partial charge in [-0.3, -0.25) is 0 Å². The van der Waals surface area contributed by atoms with Crippen molar-refractivity contribution in [2.24, 2.45) is 23.5 Å². The van der Waals surface area contributed by atoms with Gasteiger partial charge in [0, 0.05) is 12.6 Å². The number of nitrogens with two attached hydrogens (primary N) is 1. The summed E-state index contributed by atoms with van der Waals surface area (Å²) in [6.45, 7) is 7.32. The van der Waals surface area contributed by atoms with Gasteiger partial charge >= 0.3 is 0 Å². The van der Waals surface area contributed by atoms with Crippen molar-refractivity contribution in [2.45, 2.75) is 77.4 Å². The lowest BCUT2D eigenvalue weighted by Crippen LogP contribution is -2.50. The average molecular weight is 253 g/mol. The Morgan fingerprint density at radius 3 is 2.33 bits per heavy atom. The molecule has 0 aromatic heterocycles. The van der Waals surface area contributed by atoms with Crippen LogP contribution in [-0.2, 0) is 4.74 Å². The molecule has 0 aliphatic heterocycles. The molecule has 18 heavy (non-hydrogen) atoms. The minimum absolute atomic E-state index is 0.0728. The molecular weight excluding hydrogens is 222 g/mol. The number of rotatable bonds is 7. The molecule has 0 saturated heterocycles. The molecule has 0 aromatic rings. The van der Waals surface area contributed by atoms with E-state index in [1.807, 2.05) is 0 Å². The fourth-order valence-corrected chi connectivity index (χ4v) is 4.58. The van der Waals surface area contributed by atoms with Crippen molar-refractivity contribution >= 4 is 0 Å². The molecule has 2 heteroatoms. The predicted octanol–water partition coefficient (Wildman–Crippen LogP) is 3.74. The first-order chi connectivity index (χ1) is 8.65. The minimum atomic E-state index is -0.0728. The van der Waals surface area contributed by atoms with Crippen molar-refractivity contribution in [3.63, 3.8) is 0 Å². The summed E-state index contributed by atoms with van der Waals surface area (Å²) in [4.78, 5) is 0. The number of hydrogen-bond acceptors (Lipinski definition) is 2. The molecular formula is C16H31NO. The van der Waals surface area contributed by atoms with Crippen LogP contribution in [0.1, 0.15) is 65.7 Å². The largest absolute Gasteiger partial charge is 0.374 e. The standard InChI is InChI=1S/C16H31NO/c1-4-16(5-2,18-6-3)15(17)11-14-10-12-7-8-13(14)9-12/h12-15H,4-11,17H2,1-3H3. The molecule has 2 rings (SSSR count). The van der Waals surface area contributed by atoms with Crippen molar-refractivity contribution in [1.29, 1.82) is 0 Å². The van der Waals surface area contributed by atoms with Gasteiger partial charge in [0.2, 0.25) is 0 Å². The highest BCUT2D eigenvalue weighted by Crippen LogP contribution is 2.50. The summed E-state index contributed by atoms with van der Waals surface area (Å²) in [5.74, 6) is 2.89. The van der Waals surface area contributed by atoms with Crippen molar-refractivity contribution < 1.29 is 4.74 Å². The lowest BCUT2D eigenvalue weighted by atomic mass is 9.78. The molecule has 2 bridgehead atoms. The highest BCUT2D eigenvalue weighted by molar-refractivity contribution is 4.96. The summed E-state index contributed by atoms with van der Waals surface area (Å²) in [7, 11) is 0. The molecule has 2 saturated carbocycles. The Morgan fingerprint density at radius 1 is 1.17 bits per heavy atom. The maximum absolute atomic E-state index is 6.55. The van der Waals surface area contributed by atoms with E-state index in [9.17, 15) is 0 Å². The zero-order chi connectivity index (χ0) is 13.2. The van der Waals surface area contributed by atoms with E-state index in [0.29, 0.717) is 0 Å². The van der Waals surface area contributed by atoms with Crippen LogP contribution < -0.4 is 5.73 Å². The van der Waals surface area contributed by atoms with Crippen LogP contribution in [0.25, 0.3) is 0 Å². The topological polar surface area (TPSA) is 35.2 Å². The van der Waals surface area contributed by atoms with Gasteiger partial charge in [0.05, 0.1) is 5.60 Å². The first-order valence-electron chi connectivity index (χ1n) is 8.04. The summed E-state index contributed by atoms with van der Waals surface area (Å²) in [5, 5.41) is 0. The SMILES string of the molecule is CCOC(CC)(CC)C(N)CC1CC2CCC1C2. The molecule has 0 spiro atoms. The van der Waals surface area contributed by atoms with Gasteiger partial charge < -0.3 is 10.5 Å². The van der Waals surface area contributed by atoms with E-state index in [0.717, 1.165) is 37.2 Å². The average Bonchev–Trinajstić information content (AvgIpc) is 2.98. The van der Waals surface area contributed by atoms with Crippen molar-refractivity contribution in [1.82, 2.24) is 0 Å². The van der Waals surface area contributed by atoms with E-state index in [2.05, 4.69) is 20.8 Å². The number of fused-ring (bicyclic) bond motifs is 2. The van der Waals surface area contributed by atoms with Gasteiger partial charge in [0.15, 0.2) is 0 Å². The van der Waals surface area contributed by atoms with Crippen molar-refractivity contribution in [2.75, 3.05) is 6.61 Å². The van der Waals surface area contributed by atoms with Gasteiger partial charge in [-0.15, -0.1) is 0 Å². The Hall–Kier alpha value is -0.0800. The smallest absolute Gasteiger partial charge is 0.0827 e. The van der Waals surface area contributed by atoms with E-state index < -0.39 is 0 Å². The molecule has 0 radical (unpaired) electrons. The molecule has 4 atom stereocenters. The molecule has 106 valence electrons. The lowest BCUT2D eigenvalue weighted by Gasteiger charge is -2.39. The first-order valence-corrected chi connectivity index (χ1v) is 8.04. The van der Waals surface area contributed by atoms with Gasteiger partial charge in [0.1, 0.15) is 0 Å². The zero-order valence-corrected chi connectivity index (χ0v) is 12.5. The van der Waals surface area contributed by atoms with E-state index in [-0.39, 0.29) is 11.6 Å². The van der Waals surface area contributed by atoms with Crippen LogP contribution >= 0.6 is 0 Å². The second kappa shape index (κ2) is 5.92. The minimum Gasteiger partial charge on any atom is -0.374 e. The van der Waals surface area contributed by atoms with Crippen LogP contribution in [0, 0.1) is 17.8 Å². The Kier molecular flexibility index (Phi) is 4.71. The summed E-state index contributed by atoms with van der Waals surface area (Å²) in [6, 6.07) is 0.219. The summed E-state index contributed by atoms with van der Waals surface area (Å²) in [5.41, 5.74) is 6.47. The van der Waals surface area contributed by atoms with E-state index in [1.165, 1.54) is 32.1 Å². The van der Waals surface area contributed by atoms with Crippen molar-refractivity contribution in [3.8, 4) is 0 Å². The number of ether oxygens (including phenoxy) is 1. The van der Waals surface area contributed by atoms with Crippen LogP contribution in [-0.4, -0.2) is 18.2 Å². The van der Waals surface area contributed by atoms with Gasteiger partial charge in [-0.25, -0.2) is 0 Å². The molecule has 0 amide bonds. The van der Waals surface area contributed by atoms with Crippen LogP contribution in [0.4, 0.5) is 0 Å². The molecule has 2 aliphatic rings. The van der Waals surface area contributed by atoms with Gasteiger partial charge in [-0.2, -0.15) is 0 Å². The van der Waals surface area contributed by atoms with E-state index >= 15 is 0 Å². The monoisotopic (exact) mass is 253 g/mol. The molecule has 2 N–H and O–H groups in total. The number of hydrogen-bond donors (Lipinski definition) is 1. The van der Waals surface area contributed by atoms with Crippen LogP contribution in [0.5, 0.6) is 0 Å². The van der Waals surface area contributed by atoms with E-state index in [1.54, 1.807) is 0 Å². The fourth-order valence-electron chi connectivity index (χ4n) is 4.58. The Morgan fingerprint density at radius 2 is 1.89 bits per heavy atom. The van der Waals surface area contributed by atoms with Crippen LogP contribution in [0.3, 0.4) is 0 Å². The normalized spacial score (nSPS) is 33.0. The van der Waals surface area contributed by atoms with Gasteiger partial charge in [-0.05, 0) is 63.2 Å². The molecule has 4 unspecified atom stereocenters. The molecule has 2 fully saturated rings. The maximum Gasteiger partial charge on any atom is 0.0827 e. The lowest BCUT2D eigenvalue weighted by molar-refractivity contribution is -0.0691. The molecule has 2 nitrogen and oxygen atoms in total. The highest BCUT2D eigenvalue weighted by Gasteiger charge is 2.43. The van der Waals surface area contributed by atoms with Gasteiger partial charge in [-0.1, -0.05) is 20.3 Å². The summed E-state index contributed by atoms with van der Waals surface area (Å²) in [6.07, 6.45) is 9.13. The zero-order valence-electron chi connectivity index (χ0n) is 12.5. The van der Waals surface area contributed by atoms with Crippen molar-refractivity contribution in [3.05, 3.63) is 0 Å². The van der Waals surface area contributed by atoms with Gasteiger partial charge in [0.25, 0.3) is 0 Å². The first kappa shape index (κ1) is 14.3. The molecule has 0 heterocycles. The van der Waals surface area contributed by atoms with Crippen LogP contribution in [0.15, 0.2) is 0 Å². The quantitative estimate of drug-likeness (QED) is 0.750.